The van der Waals surface area contributed by atoms with Gasteiger partial charge in [0, 0.05) is 55.4 Å². The number of hydrogen-bond acceptors (Lipinski definition) is 20. The molecule has 0 bridgehead atoms. The van der Waals surface area contributed by atoms with Crippen molar-refractivity contribution in [1.82, 2.24) is 0 Å². The molecule has 288 valence electrons. The molecule has 0 radical (unpaired) electrons. The van der Waals surface area contributed by atoms with E-state index in [1.54, 1.807) is 0 Å². The minimum atomic E-state index is -2.48. The van der Waals surface area contributed by atoms with Crippen LogP contribution >= 0.6 is 0 Å². The van der Waals surface area contributed by atoms with E-state index < -0.39 is 122 Å². The Bertz CT molecular complexity index is 1310. The smallest absolute Gasteiger partial charge is 0.303 e. The Balaban J connectivity index is 0.00000308. The van der Waals surface area contributed by atoms with Crippen LogP contribution in [0.1, 0.15) is 69.2 Å². The number of ketones is 1. The monoisotopic (exact) mass is 736 g/mol. The highest BCUT2D eigenvalue weighted by molar-refractivity contribution is 5.72. The number of carbonyl (C=O) groups excluding carboxylic acids is 9. The minimum Gasteiger partial charge on any atom is -0.463 e. The standard InChI is InChI=1S/C28H38O19.C3H6O/c1-12(29)37-9-20-22(40-15(4)32)24(42-17(6)34)25(43-18(7)35)27(45-20)47-28(11-39-14(3)31)26(44-19(8)36)23(41-16(5)33)21(46-28)10-38-13(2)30;1-3(2)4/h20-27H,9-11H2,1-8H3;1-2H3/t20-,21-,22-,23-,24+,25-,26+,27-,28+;/m1./s1. The van der Waals surface area contributed by atoms with Crippen LogP contribution in [0, 0.1) is 0 Å². The lowest BCUT2D eigenvalue weighted by molar-refractivity contribution is -0.384. The molecule has 2 aliphatic rings. The van der Waals surface area contributed by atoms with Crippen molar-refractivity contribution in [1.29, 1.82) is 0 Å². The molecule has 0 aromatic carbocycles. The summed E-state index contributed by atoms with van der Waals surface area (Å²) in [5.74, 6) is -9.37. The van der Waals surface area contributed by atoms with Crippen molar-refractivity contribution in [3.8, 4) is 0 Å². The van der Waals surface area contributed by atoms with Crippen LogP contribution in [0.4, 0.5) is 0 Å². The molecule has 2 saturated heterocycles. The van der Waals surface area contributed by atoms with Gasteiger partial charge in [-0.05, 0) is 13.8 Å². The molecule has 0 aromatic rings. The molecule has 0 spiro atoms. The molecule has 0 aromatic heterocycles. The lowest BCUT2D eigenvalue weighted by Gasteiger charge is -2.46. The van der Waals surface area contributed by atoms with E-state index in [0.29, 0.717) is 0 Å². The molecule has 51 heavy (non-hydrogen) atoms. The van der Waals surface area contributed by atoms with Gasteiger partial charge in [-0.3, -0.25) is 38.4 Å². The highest BCUT2D eigenvalue weighted by Gasteiger charge is 2.65. The van der Waals surface area contributed by atoms with E-state index in [0.717, 1.165) is 55.4 Å². The topological polar surface area (TPSA) is 255 Å². The quantitative estimate of drug-likeness (QED) is 0.175. The van der Waals surface area contributed by atoms with E-state index in [2.05, 4.69) is 0 Å². The van der Waals surface area contributed by atoms with Gasteiger partial charge in [-0.1, -0.05) is 0 Å². The van der Waals surface area contributed by atoms with Gasteiger partial charge in [0.15, 0.2) is 30.5 Å². The van der Waals surface area contributed by atoms with Crippen LogP contribution in [0.5, 0.6) is 0 Å². The van der Waals surface area contributed by atoms with Crippen molar-refractivity contribution in [2.75, 3.05) is 19.8 Å². The largest absolute Gasteiger partial charge is 0.463 e. The number of Topliss-reactive ketones (excluding diaryl/α,β-unsaturated/α-hetero) is 1. The molecule has 0 aliphatic carbocycles. The van der Waals surface area contributed by atoms with Crippen molar-refractivity contribution in [2.24, 2.45) is 0 Å². The van der Waals surface area contributed by atoms with Gasteiger partial charge in [0.25, 0.3) is 0 Å². The predicted molar refractivity (Wildman–Crippen MR) is 161 cm³/mol. The SMILES string of the molecule is CC(=O)OC[C@H]1O[C@@](COC(C)=O)(O[C@H]2O[C@H](COC(C)=O)[C@@H](OC(C)=O)[C@H](OC(C)=O)[C@H]2OC(C)=O)[C@@H](OC(C)=O)[C@@H]1OC(C)=O.CC(C)=O. The van der Waals surface area contributed by atoms with E-state index in [1.807, 2.05) is 0 Å². The van der Waals surface area contributed by atoms with Gasteiger partial charge in [0.2, 0.25) is 12.1 Å². The zero-order chi connectivity index (χ0) is 39.2. The Labute approximate surface area is 292 Å². The Morgan fingerprint density at radius 2 is 0.863 bits per heavy atom. The molecule has 0 unspecified atom stereocenters. The first-order chi connectivity index (χ1) is 23.6. The van der Waals surface area contributed by atoms with E-state index >= 15 is 0 Å². The normalized spacial score (nSPS) is 28.0. The number of hydrogen-bond donors (Lipinski definition) is 0. The summed E-state index contributed by atoms with van der Waals surface area (Å²) in [6.07, 6.45) is -13.2. The second kappa shape index (κ2) is 20.2. The maximum Gasteiger partial charge on any atom is 0.303 e. The van der Waals surface area contributed by atoms with Gasteiger partial charge in [-0.2, -0.15) is 0 Å². The molecule has 0 N–H and O–H groups in total. The predicted octanol–water partition coefficient (Wildman–Crippen LogP) is -0.234. The molecule has 9 atom stereocenters. The first-order valence-corrected chi connectivity index (χ1v) is 15.3. The van der Waals surface area contributed by atoms with Crippen LogP contribution in [0.15, 0.2) is 0 Å². The third-order valence-electron chi connectivity index (χ3n) is 6.24. The fraction of sp³-hybridized carbons (Fsp3) is 0.710. The molecular formula is C31H44O20. The van der Waals surface area contributed by atoms with Gasteiger partial charge in [-0.15, -0.1) is 0 Å². The maximum atomic E-state index is 12.3. The highest BCUT2D eigenvalue weighted by atomic mass is 16.8. The molecule has 0 amide bonds. The first kappa shape index (κ1) is 44.3. The van der Waals surface area contributed by atoms with Gasteiger partial charge < -0.3 is 56.9 Å². The first-order valence-electron chi connectivity index (χ1n) is 15.3. The summed E-state index contributed by atoms with van der Waals surface area (Å²) in [4.78, 5) is 106. The van der Waals surface area contributed by atoms with E-state index in [4.69, 9.17) is 52.1 Å². The van der Waals surface area contributed by atoms with Gasteiger partial charge in [-0.25, -0.2) is 0 Å². The van der Waals surface area contributed by atoms with Crippen LogP contribution in [0.2, 0.25) is 0 Å². The second-order valence-electron chi connectivity index (χ2n) is 11.2. The van der Waals surface area contributed by atoms with Crippen molar-refractivity contribution in [3.05, 3.63) is 0 Å². The Kier molecular flexibility index (Phi) is 17.6. The number of carbonyl (C=O) groups is 9. The summed E-state index contributed by atoms with van der Waals surface area (Å²) >= 11 is 0. The molecule has 2 heterocycles. The Morgan fingerprint density at radius 1 is 0.471 bits per heavy atom. The van der Waals surface area contributed by atoms with E-state index in [1.165, 1.54) is 13.8 Å². The maximum absolute atomic E-state index is 12.3. The molecular weight excluding hydrogens is 692 g/mol. The van der Waals surface area contributed by atoms with Crippen LogP contribution in [0.3, 0.4) is 0 Å². The summed E-state index contributed by atoms with van der Waals surface area (Å²) in [5.41, 5.74) is 0. The van der Waals surface area contributed by atoms with Crippen LogP contribution in [0.25, 0.3) is 0 Å². The summed E-state index contributed by atoms with van der Waals surface area (Å²) in [6, 6.07) is 0. The number of rotatable bonds is 13. The van der Waals surface area contributed by atoms with E-state index in [9.17, 15) is 43.2 Å². The van der Waals surface area contributed by atoms with Crippen LogP contribution < -0.4 is 0 Å². The Hall–Kier alpha value is -4.69. The molecule has 2 fully saturated rings. The Morgan fingerprint density at radius 3 is 1.29 bits per heavy atom. The summed E-state index contributed by atoms with van der Waals surface area (Å²) in [6.45, 7) is 9.17. The number of esters is 8. The van der Waals surface area contributed by atoms with E-state index in [-0.39, 0.29) is 5.78 Å². The average molecular weight is 737 g/mol. The van der Waals surface area contributed by atoms with Gasteiger partial charge in [0.05, 0.1) is 0 Å². The average Bonchev–Trinajstić information content (AvgIpc) is 3.22. The fourth-order valence-electron chi connectivity index (χ4n) is 4.76. The van der Waals surface area contributed by atoms with Crippen LogP contribution in [-0.2, 0) is 95.3 Å². The highest BCUT2D eigenvalue weighted by Crippen LogP contribution is 2.41. The molecule has 20 nitrogen and oxygen atoms in total. The zero-order valence-electron chi connectivity index (χ0n) is 29.9. The third kappa shape index (κ3) is 15.0. The van der Waals surface area contributed by atoms with Crippen molar-refractivity contribution < 1.29 is 95.3 Å². The number of ether oxygens (including phenoxy) is 11. The lowest BCUT2D eigenvalue weighted by atomic mass is 9.97. The van der Waals surface area contributed by atoms with Crippen molar-refractivity contribution >= 4 is 53.5 Å². The zero-order valence-corrected chi connectivity index (χ0v) is 29.9. The molecule has 2 rings (SSSR count). The molecule has 20 heteroatoms. The summed E-state index contributed by atoms with van der Waals surface area (Å²) < 4.78 is 60.5. The van der Waals surface area contributed by atoms with Gasteiger partial charge >= 0.3 is 47.8 Å². The second-order valence-corrected chi connectivity index (χ2v) is 11.2. The van der Waals surface area contributed by atoms with Crippen LogP contribution in [-0.4, -0.2) is 128 Å². The van der Waals surface area contributed by atoms with Crippen molar-refractivity contribution in [2.45, 2.75) is 124 Å². The van der Waals surface area contributed by atoms with Crippen molar-refractivity contribution in [3.63, 3.8) is 0 Å². The van der Waals surface area contributed by atoms with Gasteiger partial charge in [0.1, 0.15) is 37.8 Å². The molecule has 0 saturated carbocycles. The third-order valence-corrected chi connectivity index (χ3v) is 6.24. The summed E-state index contributed by atoms with van der Waals surface area (Å²) in [7, 11) is 0. The minimum absolute atomic E-state index is 0.167. The lowest BCUT2D eigenvalue weighted by Crippen LogP contribution is -2.65. The summed E-state index contributed by atoms with van der Waals surface area (Å²) in [5, 5.41) is 0. The fourth-order valence-corrected chi connectivity index (χ4v) is 4.76. The molecule has 2 aliphatic heterocycles.